The number of carbonyl (C=O) groups is 1. The Hall–Kier alpha value is -2.27. The molecule has 124 valence electrons. The molecule has 0 fully saturated rings. The van der Waals surface area contributed by atoms with Crippen LogP contribution in [-0.2, 0) is 0 Å². The van der Waals surface area contributed by atoms with Gasteiger partial charge in [-0.2, -0.15) is 0 Å². The number of aromatic nitrogens is 1. The first kappa shape index (κ1) is 18.8. The number of anilines is 3. The number of nitrogens with zero attached hydrogens (tertiary/aromatic N) is 2. The predicted molar refractivity (Wildman–Crippen MR) is 91.6 cm³/mol. The maximum absolute atomic E-state index is 12.0. The molecule has 2 N–H and O–H groups in total. The maximum atomic E-state index is 12.0. The molecule has 0 aliphatic rings. The minimum absolute atomic E-state index is 0. The van der Waals surface area contributed by atoms with Gasteiger partial charge in [-0.1, -0.05) is 0 Å². The molecule has 0 radical (unpaired) electrons. The fourth-order valence-corrected chi connectivity index (χ4v) is 2.29. The fraction of sp³-hybridized carbons (Fsp3) is 0.294. The van der Waals surface area contributed by atoms with E-state index in [1.165, 1.54) is 5.69 Å². The van der Waals surface area contributed by atoms with E-state index in [9.17, 15) is 4.79 Å². The van der Waals surface area contributed by atoms with Crippen LogP contribution >= 0.6 is 0 Å². The zero-order valence-electron chi connectivity index (χ0n) is 13.6. The van der Waals surface area contributed by atoms with Gasteiger partial charge in [-0.15, -0.1) is 0 Å². The summed E-state index contributed by atoms with van der Waals surface area (Å²) in [6.45, 7) is 8.19. The Kier molecular flexibility index (Phi) is 7.35. The molecule has 5 nitrogen and oxygen atoms in total. The molecule has 0 saturated heterocycles. The van der Waals surface area contributed by atoms with Crippen LogP contribution in [0.4, 0.5) is 21.9 Å². The van der Waals surface area contributed by atoms with Crippen molar-refractivity contribution in [1.29, 1.82) is 0 Å². The third kappa shape index (κ3) is 5.14. The Balaban J connectivity index is 0.00000264. The standard InChI is InChI=1S/C17H22N4O.ClH/c1-4-21(5-2)15-6-7-16(13(3)12-15)20-17(22)19-14-8-10-18-11-9-14;/h6-12H,4-5H2,1-3H3,(H2,18,19,20,22);1H/p-1. The van der Waals surface area contributed by atoms with Gasteiger partial charge >= 0.3 is 6.03 Å². The molecular weight excluding hydrogens is 312 g/mol. The third-order valence-electron chi connectivity index (χ3n) is 3.52. The molecule has 0 saturated carbocycles. The molecule has 6 heteroatoms. The predicted octanol–water partition coefficient (Wildman–Crippen LogP) is 0.884. The number of urea groups is 1. The van der Waals surface area contributed by atoms with Gasteiger partial charge < -0.3 is 27.9 Å². The van der Waals surface area contributed by atoms with Gasteiger partial charge in [-0.25, -0.2) is 4.79 Å². The molecule has 0 aliphatic heterocycles. The van der Waals surface area contributed by atoms with Crippen molar-refractivity contribution in [2.24, 2.45) is 0 Å². The molecule has 1 aromatic carbocycles. The van der Waals surface area contributed by atoms with E-state index in [1.54, 1.807) is 24.5 Å². The number of benzene rings is 1. The van der Waals surface area contributed by atoms with E-state index in [0.29, 0.717) is 5.69 Å². The Labute approximate surface area is 143 Å². The van der Waals surface area contributed by atoms with Crippen LogP contribution in [0.5, 0.6) is 0 Å². The van der Waals surface area contributed by atoms with Gasteiger partial charge in [0.2, 0.25) is 0 Å². The molecule has 0 spiro atoms. The van der Waals surface area contributed by atoms with Crippen molar-refractivity contribution in [3.63, 3.8) is 0 Å². The summed E-state index contributed by atoms with van der Waals surface area (Å²) in [7, 11) is 0. The second kappa shape index (κ2) is 9.00. The molecule has 23 heavy (non-hydrogen) atoms. The Bertz CT molecular complexity index is 630. The summed E-state index contributed by atoms with van der Waals surface area (Å²) in [6, 6.07) is 9.29. The number of aryl methyl sites for hydroxylation is 1. The highest BCUT2D eigenvalue weighted by Crippen LogP contribution is 2.22. The number of amides is 2. The molecule has 1 heterocycles. The fourth-order valence-electron chi connectivity index (χ4n) is 2.29. The van der Waals surface area contributed by atoms with Crippen LogP contribution < -0.4 is 27.9 Å². The first-order chi connectivity index (χ1) is 10.6. The van der Waals surface area contributed by atoms with E-state index in [-0.39, 0.29) is 18.4 Å². The van der Waals surface area contributed by atoms with Crippen LogP contribution in [0.2, 0.25) is 0 Å². The Morgan fingerprint density at radius 2 is 1.74 bits per heavy atom. The average Bonchev–Trinajstić information content (AvgIpc) is 2.52. The maximum Gasteiger partial charge on any atom is 0.323 e. The average molecular weight is 334 g/mol. The lowest BCUT2D eigenvalue weighted by Gasteiger charge is -2.22. The molecule has 2 aromatic rings. The second-order valence-corrected chi connectivity index (χ2v) is 4.99. The topological polar surface area (TPSA) is 57.3 Å². The van der Waals surface area contributed by atoms with Crippen molar-refractivity contribution >= 4 is 23.1 Å². The summed E-state index contributed by atoms with van der Waals surface area (Å²) in [5, 5.41) is 5.65. The van der Waals surface area contributed by atoms with Crippen molar-refractivity contribution in [3.8, 4) is 0 Å². The van der Waals surface area contributed by atoms with Crippen molar-refractivity contribution in [2.45, 2.75) is 20.8 Å². The van der Waals surface area contributed by atoms with Crippen molar-refractivity contribution in [1.82, 2.24) is 4.98 Å². The normalized spacial score (nSPS) is 9.70. The largest absolute Gasteiger partial charge is 1.00 e. The highest BCUT2D eigenvalue weighted by atomic mass is 35.5. The van der Waals surface area contributed by atoms with Gasteiger partial charge in [-0.3, -0.25) is 4.98 Å². The van der Waals surface area contributed by atoms with Crippen molar-refractivity contribution in [3.05, 3.63) is 48.3 Å². The summed E-state index contributed by atoms with van der Waals surface area (Å²) < 4.78 is 0. The number of hydrogen-bond donors (Lipinski definition) is 2. The van der Waals surface area contributed by atoms with Crippen LogP contribution in [0.1, 0.15) is 19.4 Å². The smallest absolute Gasteiger partial charge is 0.323 e. The first-order valence-corrected chi connectivity index (χ1v) is 7.47. The molecular formula is C17H22ClN4O-. The van der Waals surface area contributed by atoms with Gasteiger partial charge in [-0.05, 0) is 56.7 Å². The zero-order chi connectivity index (χ0) is 15.9. The highest BCUT2D eigenvalue weighted by molar-refractivity contribution is 6.00. The van der Waals surface area contributed by atoms with Gasteiger partial charge in [0.1, 0.15) is 0 Å². The number of pyridine rings is 1. The third-order valence-corrected chi connectivity index (χ3v) is 3.52. The molecule has 0 unspecified atom stereocenters. The lowest BCUT2D eigenvalue weighted by atomic mass is 10.1. The monoisotopic (exact) mass is 333 g/mol. The van der Waals surface area contributed by atoms with Gasteiger partial charge in [0, 0.05) is 42.5 Å². The van der Waals surface area contributed by atoms with Gasteiger partial charge in [0.15, 0.2) is 0 Å². The minimum atomic E-state index is -0.259. The number of hydrogen-bond acceptors (Lipinski definition) is 3. The molecule has 0 aliphatic carbocycles. The van der Waals surface area contributed by atoms with Crippen LogP contribution in [0.15, 0.2) is 42.7 Å². The van der Waals surface area contributed by atoms with Gasteiger partial charge in [0.25, 0.3) is 0 Å². The zero-order valence-corrected chi connectivity index (χ0v) is 14.4. The lowest BCUT2D eigenvalue weighted by molar-refractivity contribution is -0.00000758. The minimum Gasteiger partial charge on any atom is -1.00 e. The van der Waals surface area contributed by atoms with E-state index in [2.05, 4.69) is 40.4 Å². The van der Waals surface area contributed by atoms with E-state index < -0.39 is 0 Å². The number of halogens is 1. The van der Waals surface area contributed by atoms with E-state index in [0.717, 1.165) is 24.3 Å². The summed E-state index contributed by atoms with van der Waals surface area (Å²) in [4.78, 5) is 18.2. The summed E-state index contributed by atoms with van der Waals surface area (Å²) in [5.41, 5.74) is 3.73. The summed E-state index contributed by atoms with van der Waals surface area (Å²) in [5.74, 6) is 0. The first-order valence-electron chi connectivity index (χ1n) is 7.47. The number of carbonyl (C=O) groups excluding carboxylic acids is 1. The summed E-state index contributed by atoms with van der Waals surface area (Å²) in [6.07, 6.45) is 3.28. The Morgan fingerprint density at radius 1 is 1.09 bits per heavy atom. The van der Waals surface area contributed by atoms with Crippen molar-refractivity contribution in [2.75, 3.05) is 28.6 Å². The van der Waals surface area contributed by atoms with Crippen LogP contribution in [0, 0.1) is 6.92 Å². The van der Waals surface area contributed by atoms with Crippen LogP contribution in [-0.4, -0.2) is 24.1 Å². The number of nitrogens with one attached hydrogen (secondary N) is 2. The molecule has 2 rings (SSSR count). The molecule has 0 atom stereocenters. The summed E-state index contributed by atoms with van der Waals surface area (Å²) >= 11 is 0. The molecule has 2 amide bonds. The van der Waals surface area contributed by atoms with Crippen LogP contribution in [0.3, 0.4) is 0 Å². The lowest BCUT2D eigenvalue weighted by Crippen LogP contribution is -3.00. The second-order valence-electron chi connectivity index (χ2n) is 4.99. The SMILES string of the molecule is CCN(CC)c1ccc(NC(=O)Nc2ccncc2)c(C)c1.[Cl-]. The Morgan fingerprint density at radius 3 is 2.30 bits per heavy atom. The quantitative estimate of drug-likeness (QED) is 0.854. The van der Waals surface area contributed by atoms with Crippen molar-refractivity contribution < 1.29 is 17.2 Å². The molecule has 1 aromatic heterocycles. The van der Waals surface area contributed by atoms with E-state index in [1.807, 2.05) is 19.1 Å². The van der Waals surface area contributed by atoms with E-state index >= 15 is 0 Å². The molecule has 0 bridgehead atoms. The van der Waals surface area contributed by atoms with E-state index in [4.69, 9.17) is 0 Å². The number of rotatable bonds is 5. The highest BCUT2D eigenvalue weighted by Gasteiger charge is 2.08. The van der Waals surface area contributed by atoms with Gasteiger partial charge in [0.05, 0.1) is 0 Å². The van der Waals surface area contributed by atoms with Crippen LogP contribution in [0.25, 0.3) is 0 Å².